The van der Waals surface area contributed by atoms with Crippen molar-refractivity contribution in [2.45, 2.75) is 26.7 Å². The molecule has 25 heavy (non-hydrogen) atoms. The standard InChI is InChI=1S/C20H21N5/c1-14-9-10-17(15(2)12-14)22-19-13-21-24-20(23-19)25-11-5-7-16-6-3-4-8-18(16)25/h3-4,6,8-10,12-13H,5,7,11H2,1-2H3,(H,22,23,24). The maximum absolute atomic E-state index is 4.70. The van der Waals surface area contributed by atoms with Crippen LogP contribution in [0.1, 0.15) is 23.1 Å². The molecule has 0 aliphatic carbocycles. The summed E-state index contributed by atoms with van der Waals surface area (Å²) in [7, 11) is 0. The highest BCUT2D eigenvalue weighted by atomic mass is 15.3. The number of hydrogen-bond acceptors (Lipinski definition) is 5. The number of rotatable bonds is 3. The van der Waals surface area contributed by atoms with Crippen LogP contribution in [0.15, 0.2) is 48.7 Å². The van der Waals surface area contributed by atoms with Crippen molar-refractivity contribution < 1.29 is 0 Å². The van der Waals surface area contributed by atoms with E-state index >= 15 is 0 Å². The Bertz CT molecular complexity index is 906. The van der Waals surface area contributed by atoms with E-state index in [1.54, 1.807) is 6.20 Å². The molecule has 1 N–H and O–H groups in total. The maximum atomic E-state index is 4.70. The van der Waals surface area contributed by atoms with Gasteiger partial charge in [0.2, 0.25) is 0 Å². The molecule has 5 nitrogen and oxygen atoms in total. The van der Waals surface area contributed by atoms with Crippen LogP contribution in [0.4, 0.5) is 23.1 Å². The Balaban J connectivity index is 1.64. The number of nitrogens with one attached hydrogen (secondary N) is 1. The third-order valence-corrected chi connectivity index (χ3v) is 4.54. The molecule has 0 amide bonds. The van der Waals surface area contributed by atoms with Crippen LogP contribution in [-0.4, -0.2) is 21.7 Å². The fourth-order valence-corrected chi connectivity index (χ4v) is 3.30. The lowest BCUT2D eigenvalue weighted by Gasteiger charge is -2.29. The van der Waals surface area contributed by atoms with E-state index in [0.717, 1.165) is 25.1 Å². The van der Waals surface area contributed by atoms with E-state index in [9.17, 15) is 0 Å². The van der Waals surface area contributed by atoms with E-state index in [-0.39, 0.29) is 0 Å². The molecule has 5 heteroatoms. The van der Waals surface area contributed by atoms with Gasteiger partial charge in [-0.1, -0.05) is 35.9 Å². The van der Waals surface area contributed by atoms with Gasteiger partial charge in [-0.05, 0) is 49.9 Å². The molecular formula is C20H21N5. The number of benzene rings is 2. The highest BCUT2D eigenvalue weighted by molar-refractivity contribution is 5.65. The predicted octanol–water partition coefficient (Wildman–Crippen LogP) is 4.32. The third-order valence-electron chi connectivity index (χ3n) is 4.54. The van der Waals surface area contributed by atoms with Crippen LogP contribution in [0.2, 0.25) is 0 Å². The molecule has 4 rings (SSSR count). The molecule has 0 saturated heterocycles. The molecule has 1 aromatic heterocycles. The first kappa shape index (κ1) is 15.6. The highest BCUT2D eigenvalue weighted by Crippen LogP contribution is 2.31. The topological polar surface area (TPSA) is 53.9 Å². The monoisotopic (exact) mass is 331 g/mol. The predicted molar refractivity (Wildman–Crippen MR) is 101 cm³/mol. The lowest BCUT2D eigenvalue weighted by molar-refractivity contribution is 0.742. The van der Waals surface area contributed by atoms with Gasteiger partial charge in [-0.2, -0.15) is 10.1 Å². The van der Waals surface area contributed by atoms with Crippen LogP contribution in [-0.2, 0) is 6.42 Å². The summed E-state index contributed by atoms with van der Waals surface area (Å²) in [4.78, 5) is 6.85. The summed E-state index contributed by atoms with van der Waals surface area (Å²) in [6, 6.07) is 14.8. The van der Waals surface area contributed by atoms with Gasteiger partial charge >= 0.3 is 0 Å². The number of nitrogens with zero attached hydrogens (tertiary/aromatic N) is 4. The summed E-state index contributed by atoms with van der Waals surface area (Å²) in [5, 5.41) is 11.8. The van der Waals surface area contributed by atoms with Crippen molar-refractivity contribution in [3.05, 3.63) is 65.4 Å². The van der Waals surface area contributed by atoms with E-state index in [0.29, 0.717) is 11.8 Å². The summed E-state index contributed by atoms with van der Waals surface area (Å²) < 4.78 is 0. The van der Waals surface area contributed by atoms with Crippen molar-refractivity contribution in [3.63, 3.8) is 0 Å². The Labute approximate surface area is 147 Å². The molecule has 0 bridgehead atoms. The molecule has 126 valence electrons. The molecule has 0 spiro atoms. The minimum atomic E-state index is 0.641. The minimum Gasteiger partial charge on any atom is -0.339 e. The fraction of sp³-hybridized carbons (Fsp3) is 0.250. The Morgan fingerprint density at radius 1 is 1.08 bits per heavy atom. The molecule has 0 fully saturated rings. The lowest BCUT2D eigenvalue weighted by Crippen LogP contribution is -2.26. The van der Waals surface area contributed by atoms with E-state index in [1.165, 1.54) is 22.4 Å². The van der Waals surface area contributed by atoms with Crippen molar-refractivity contribution >= 4 is 23.1 Å². The zero-order chi connectivity index (χ0) is 17.2. The Kier molecular flexibility index (Phi) is 4.06. The summed E-state index contributed by atoms with van der Waals surface area (Å²) in [5.74, 6) is 1.35. The smallest absolute Gasteiger partial charge is 0.251 e. The van der Waals surface area contributed by atoms with Gasteiger partial charge in [0.25, 0.3) is 5.95 Å². The molecule has 3 aromatic rings. The van der Waals surface area contributed by atoms with Crippen LogP contribution in [0.3, 0.4) is 0 Å². The second-order valence-electron chi connectivity index (χ2n) is 6.47. The molecule has 0 unspecified atom stereocenters. The van der Waals surface area contributed by atoms with Crippen LogP contribution in [0.25, 0.3) is 0 Å². The average molecular weight is 331 g/mol. The number of anilines is 4. The van der Waals surface area contributed by atoms with Crippen molar-refractivity contribution in [2.24, 2.45) is 0 Å². The second kappa shape index (κ2) is 6.51. The molecule has 1 aliphatic heterocycles. The van der Waals surface area contributed by atoms with Crippen LogP contribution >= 0.6 is 0 Å². The van der Waals surface area contributed by atoms with Gasteiger partial charge < -0.3 is 10.2 Å². The number of fused-ring (bicyclic) bond motifs is 1. The SMILES string of the molecule is Cc1ccc(Nc2cnnc(N3CCCc4ccccc43)n2)c(C)c1. The quantitative estimate of drug-likeness (QED) is 0.775. The molecule has 0 atom stereocenters. The Morgan fingerprint density at radius 2 is 1.96 bits per heavy atom. The van der Waals surface area contributed by atoms with Crippen molar-refractivity contribution in [2.75, 3.05) is 16.8 Å². The number of aryl methyl sites for hydroxylation is 3. The Morgan fingerprint density at radius 3 is 2.84 bits per heavy atom. The summed E-state index contributed by atoms with van der Waals surface area (Å²) in [6.45, 7) is 5.09. The number of hydrogen-bond donors (Lipinski definition) is 1. The van der Waals surface area contributed by atoms with Crippen LogP contribution in [0.5, 0.6) is 0 Å². The molecule has 2 aromatic carbocycles. The summed E-state index contributed by atoms with van der Waals surface area (Å²) in [5.41, 5.74) is 5.98. The zero-order valence-corrected chi connectivity index (χ0v) is 14.5. The first-order valence-corrected chi connectivity index (χ1v) is 8.60. The van der Waals surface area contributed by atoms with Crippen molar-refractivity contribution in [3.8, 4) is 0 Å². The first-order chi connectivity index (χ1) is 12.2. The molecule has 0 radical (unpaired) electrons. The van der Waals surface area contributed by atoms with Crippen LogP contribution < -0.4 is 10.2 Å². The van der Waals surface area contributed by atoms with E-state index in [2.05, 4.69) is 76.7 Å². The summed E-state index contributed by atoms with van der Waals surface area (Å²) in [6.07, 6.45) is 3.86. The van der Waals surface area contributed by atoms with Gasteiger partial charge in [0.05, 0.1) is 6.20 Å². The van der Waals surface area contributed by atoms with Crippen molar-refractivity contribution in [1.82, 2.24) is 15.2 Å². The van der Waals surface area contributed by atoms with Gasteiger partial charge in [-0.3, -0.25) is 0 Å². The molecule has 1 aliphatic rings. The van der Waals surface area contributed by atoms with E-state index < -0.39 is 0 Å². The molecule has 0 saturated carbocycles. The second-order valence-corrected chi connectivity index (χ2v) is 6.47. The summed E-state index contributed by atoms with van der Waals surface area (Å²) >= 11 is 0. The molecule has 2 heterocycles. The van der Waals surface area contributed by atoms with Crippen LogP contribution in [0, 0.1) is 13.8 Å². The van der Waals surface area contributed by atoms with Gasteiger partial charge in [0.1, 0.15) is 0 Å². The molecular weight excluding hydrogens is 310 g/mol. The largest absolute Gasteiger partial charge is 0.339 e. The maximum Gasteiger partial charge on any atom is 0.251 e. The average Bonchev–Trinajstić information content (AvgIpc) is 2.64. The lowest BCUT2D eigenvalue weighted by atomic mass is 10.0. The number of aromatic nitrogens is 3. The van der Waals surface area contributed by atoms with Crippen molar-refractivity contribution in [1.29, 1.82) is 0 Å². The fourth-order valence-electron chi connectivity index (χ4n) is 3.30. The minimum absolute atomic E-state index is 0.641. The van der Waals surface area contributed by atoms with Gasteiger partial charge in [-0.25, -0.2) is 0 Å². The van der Waals surface area contributed by atoms with Gasteiger partial charge in [0, 0.05) is 17.9 Å². The normalized spacial score (nSPS) is 13.4. The first-order valence-electron chi connectivity index (χ1n) is 8.60. The van der Waals surface area contributed by atoms with Gasteiger partial charge in [-0.15, -0.1) is 5.10 Å². The highest BCUT2D eigenvalue weighted by Gasteiger charge is 2.20. The van der Waals surface area contributed by atoms with E-state index in [1.807, 2.05) is 0 Å². The Hall–Kier alpha value is -2.95. The number of para-hydroxylation sites is 1. The third kappa shape index (κ3) is 3.18. The van der Waals surface area contributed by atoms with Gasteiger partial charge in [0.15, 0.2) is 5.82 Å². The van der Waals surface area contributed by atoms with E-state index in [4.69, 9.17) is 4.98 Å². The zero-order valence-electron chi connectivity index (χ0n) is 14.5.